The lowest BCUT2D eigenvalue weighted by Gasteiger charge is -2.26. The number of H-pyrrole nitrogens is 2. The van der Waals surface area contributed by atoms with Crippen LogP contribution in [-0.4, -0.2) is 26.3 Å². The Kier molecular flexibility index (Phi) is 2.86. The van der Waals surface area contributed by atoms with Gasteiger partial charge in [0, 0.05) is 5.92 Å². The normalized spacial score (nSPS) is 26.4. The highest BCUT2D eigenvalue weighted by Gasteiger charge is 2.33. The molecule has 0 radical (unpaired) electrons. The average molecular weight is 227 g/mol. The first-order chi connectivity index (χ1) is 7.18. The van der Waals surface area contributed by atoms with Crippen molar-refractivity contribution in [1.82, 2.24) is 15.2 Å². The lowest BCUT2D eigenvalue weighted by molar-refractivity contribution is -0.143. The van der Waals surface area contributed by atoms with Gasteiger partial charge in [-0.15, -0.1) is 0 Å². The SMILES string of the molecule is O=C(O)[C@H]1CCCC[C@H]1c1nc(=S)[nH][nH]1. The van der Waals surface area contributed by atoms with Crippen LogP contribution in [0.5, 0.6) is 0 Å². The van der Waals surface area contributed by atoms with Crippen LogP contribution >= 0.6 is 12.2 Å². The molecular formula is C9H13N3O2S. The third-order valence-corrected chi connectivity index (χ3v) is 3.15. The van der Waals surface area contributed by atoms with Crippen molar-refractivity contribution in [2.45, 2.75) is 31.6 Å². The second-order valence-corrected chi connectivity index (χ2v) is 4.27. The molecule has 15 heavy (non-hydrogen) atoms. The molecule has 1 heterocycles. The average Bonchev–Trinajstić information content (AvgIpc) is 2.65. The predicted octanol–water partition coefficient (Wildman–Crippen LogP) is 1.83. The zero-order chi connectivity index (χ0) is 10.8. The zero-order valence-electron chi connectivity index (χ0n) is 8.19. The molecule has 1 aliphatic carbocycles. The summed E-state index contributed by atoms with van der Waals surface area (Å²) in [6.45, 7) is 0. The third-order valence-electron chi connectivity index (χ3n) is 2.95. The number of carboxylic acids is 1. The van der Waals surface area contributed by atoms with Gasteiger partial charge in [0.1, 0.15) is 5.82 Å². The molecule has 0 aliphatic heterocycles. The highest BCUT2D eigenvalue weighted by molar-refractivity contribution is 7.71. The first-order valence-corrected chi connectivity index (χ1v) is 5.46. The van der Waals surface area contributed by atoms with E-state index in [1.807, 2.05) is 0 Å². The number of rotatable bonds is 2. The van der Waals surface area contributed by atoms with Gasteiger partial charge in [-0.3, -0.25) is 15.0 Å². The van der Waals surface area contributed by atoms with Crippen molar-refractivity contribution in [3.05, 3.63) is 10.6 Å². The van der Waals surface area contributed by atoms with Crippen LogP contribution in [0.3, 0.4) is 0 Å². The molecule has 2 atom stereocenters. The van der Waals surface area contributed by atoms with E-state index in [9.17, 15) is 4.79 Å². The summed E-state index contributed by atoms with van der Waals surface area (Å²) in [6, 6.07) is 0. The molecule has 0 saturated heterocycles. The molecule has 3 N–H and O–H groups in total. The second-order valence-electron chi connectivity index (χ2n) is 3.89. The van der Waals surface area contributed by atoms with Crippen LogP contribution in [0.1, 0.15) is 37.4 Å². The Morgan fingerprint density at radius 1 is 1.40 bits per heavy atom. The van der Waals surface area contributed by atoms with E-state index in [-0.39, 0.29) is 11.8 Å². The minimum absolute atomic E-state index is 0.0239. The van der Waals surface area contributed by atoms with Gasteiger partial charge in [0.05, 0.1) is 5.92 Å². The fourth-order valence-electron chi connectivity index (χ4n) is 2.21. The molecule has 0 amide bonds. The molecular weight excluding hydrogens is 214 g/mol. The van der Waals surface area contributed by atoms with Crippen LogP contribution in [0.25, 0.3) is 0 Å². The van der Waals surface area contributed by atoms with Crippen LogP contribution in [-0.2, 0) is 4.79 Å². The van der Waals surface area contributed by atoms with Gasteiger partial charge in [-0.1, -0.05) is 12.8 Å². The molecule has 1 aliphatic rings. The Labute approximate surface area is 91.9 Å². The minimum Gasteiger partial charge on any atom is -0.481 e. The third kappa shape index (κ3) is 2.09. The highest BCUT2D eigenvalue weighted by atomic mass is 32.1. The van der Waals surface area contributed by atoms with E-state index in [0.717, 1.165) is 25.7 Å². The number of aromatic nitrogens is 3. The summed E-state index contributed by atoms with van der Waals surface area (Å²) in [5.74, 6) is -0.397. The number of nitrogens with one attached hydrogen (secondary N) is 2. The molecule has 0 spiro atoms. The highest BCUT2D eigenvalue weighted by Crippen LogP contribution is 2.36. The molecule has 5 nitrogen and oxygen atoms in total. The Morgan fingerprint density at radius 2 is 2.13 bits per heavy atom. The van der Waals surface area contributed by atoms with E-state index in [1.54, 1.807) is 0 Å². The van der Waals surface area contributed by atoms with Crippen molar-refractivity contribution in [2.75, 3.05) is 0 Å². The van der Waals surface area contributed by atoms with Gasteiger partial charge in [-0.05, 0) is 25.1 Å². The van der Waals surface area contributed by atoms with Crippen molar-refractivity contribution < 1.29 is 9.90 Å². The molecule has 0 unspecified atom stereocenters. The Morgan fingerprint density at radius 3 is 2.73 bits per heavy atom. The van der Waals surface area contributed by atoms with Crippen LogP contribution in [0.2, 0.25) is 0 Å². The Balaban J connectivity index is 2.25. The fourth-order valence-corrected chi connectivity index (χ4v) is 2.36. The fraction of sp³-hybridized carbons (Fsp3) is 0.667. The summed E-state index contributed by atoms with van der Waals surface area (Å²) >= 11 is 4.86. The molecule has 0 aromatic carbocycles. The van der Waals surface area contributed by atoms with Gasteiger partial charge < -0.3 is 5.11 Å². The maximum Gasteiger partial charge on any atom is 0.307 e. The van der Waals surface area contributed by atoms with Gasteiger partial charge in [-0.2, -0.15) is 0 Å². The number of aromatic amines is 2. The number of carboxylic acid groups (broad SMARTS) is 1. The number of aliphatic carboxylic acids is 1. The second kappa shape index (κ2) is 4.14. The maximum atomic E-state index is 11.1. The topological polar surface area (TPSA) is 81.8 Å². The lowest BCUT2D eigenvalue weighted by atomic mass is 9.79. The quantitative estimate of drug-likeness (QED) is 0.673. The van der Waals surface area contributed by atoms with Crippen molar-refractivity contribution in [2.24, 2.45) is 5.92 Å². The molecule has 1 saturated carbocycles. The minimum atomic E-state index is -0.734. The van der Waals surface area contributed by atoms with Gasteiger partial charge >= 0.3 is 5.97 Å². The van der Waals surface area contributed by atoms with Crippen LogP contribution in [0, 0.1) is 10.7 Å². The van der Waals surface area contributed by atoms with Crippen molar-refractivity contribution in [3.8, 4) is 0 Å². The summed E-state index contributed by atoms with van der Waals surface area (Å²) in [6.07, 6.45) is 3.64. The summed E-state index contributed by atoms with van der Waals surface area (Å²) in [7, 11) is 0. The zero-order valence-corrected chi connectivity index (χ0v) is 9.01. The number of carbonyl (C=O) groups is 1. The van der Waals surface area contributed by atoms with Gasteiger partial charge in [-0.25, -0.2) is 4.98 Å². The van der Waals surface area contributed by atoms with E-state index in [2.05, 4.69) is 15.2 Å². The monoisotopic (exact) mass is 227 g/mol. The molecule has 0 bridgehead atoms. The molecule has 6 heteroatoms. The summed E-state index contributed by atoms with van der Waals surface area (Å²) in [4.78, 5) is 15.2. The summed E-state index contributed by atoms with van der Waals surface area (Å²) in [5.41, 5.74) is 0. The lowest BCUT2D eigenvalue weighted by Crippen LogP contribution is -2.26. The van der Waals surface area contributed by atoms with Gasteiger partial charge in [0.25, 0.3) is 0 Å². The van der Waals surface area contributed by atoms with E-state index in [4.69, 9.17) is 17.3 Å². The number of nitrogens with zero attached hydrogens (tertiary/aromatic N) is 1. The van der Waals surface area contributed by atoms with E-state index >= 15 is 0 Å². The first-order valence-electron chi connectivity index (χ1n) is 5.06. The number of hydrogen-bond donors (Lipinski definition) is 3. The molecule has 1 aromatic rings. The maximum absolute atomic E-state index is 11.1. The van der Waals surface area contributed by atoms with Crippen LogP contribution in [0.15, 0.2) is 0 Å². The largest absolute Gasteiger partial charge is 0.481 e. The van der Waals surface area contributed by atoms with Gasteiger partial charge in [0.15, 0.2) is 0 Å². The number of hydrogen-bond acceptors (Lipinski definition) is 3. The van der Waals surface area contributed by atoms with E-state index < -0.39 is 5.97 Å². The first kappa shape index (κ1) is 10.4. The van der Waals surface area contributed by atoms with Gasteiger partial charge in [0.2, 0.25) is 4.77 Å². The molecule has 1 fully saturated rings. The molecule has 2 rings (SSSR count). The van der Waals surface area contributed by atoms with Crippen molar-refractivity contribution >= 4 is 18.2 Å². The molecule has 82 valence electrons. The van der Waals surface area contributed by atoms with Crippen LogP contribution in [0.4, 0.5) is 0 Å². The van der Waals surface area contributed by atoms with Crippen molar-refractivity contribution in [1.29, 1.82) is 0 Å². The van der Waals surface area contributed by atoms with Crippen molar-refractivity contribution in [3.63, 3.8) is 0 Å². The van der Waals surface area contributed by atoms with E-state index in [0.29, 0.717) is 10.6 Å². The predicted molar refractivity (Wildman–Crippen MR) is 56.1 cm³/mol. The molecule has 1 aromatic heterocycles. The standard InChI is InChI=1S/C9H13N3O2S/c13-8(14)6-4-2-1-3-5(6)7-10-9(15)12-11-7/h5-6H,1-4H2,(H,13,14)(H2,10,11,12,15)/t5-,6+/m1/s1. The van der Waals surface area contributed by atoms with E-state index in [1.165, 1.54) is 0 Å². The summed E-state index contributed by atoms with van der Waals surface area (Å²) in [5, 5.41) is 14.7. The summed E-state index contributed by atoms with van der Waals surface area (Å²) < 4.78 is 0.389. The Bertz CT molecular complexity index is 411. The smallest absolute Gasteiger partial charge is 0.307 e. The van der Waals surface area contributed by atoms with Crippen LogP contribution < -0.4 is 0 Å². The Hall–Kier alpha value is -1.17.